The average Bonchev–Trinajstić information content (AvgIpc) is 3.49. The SMILES string of the molecule is COc1ccc(C[C@H](NC(=O)[C@@H]2CCC(=O)N2)C(=O)N[C@@H](Cc2ccccc2)C(=O)[C@]2(C)CO2)cc1. The zero-order valence-corrected chi connectivity index (χ0v) is 20.4. The van der Waals surface area contributed by atoms with Gasteiger partial charge >= 0.3 is 0 Å². The summed E-state index contributed by atoms with van der Waals surface area (Å²) in [5, 5.41) is 8.27. The Bertz CT molecular complexity index is 1110. The topological polar surface area (TPSA) is 126 Å². The highest BCUT2D eigenvalue weighted by Gasteiger charge is 2.50. The third kappa shape index (κ3) is 6.28. The summed E-state index contributed by atoms with van der Waals surface area (Å²) in [5.41, 5.74) is 0.773. The van der Waals surface area contributed by atoms with Crippen molar-refractivity contribution in [1.29, 1.82) is 0 Å². The lowest BCUT2D eigenvalue weighted by Gasteiger charge is -2.25. The number of ether oxygens (including phenoxy) is 2. The number of hydrogen-bond acceptors (Lipinski definition) is 6. The molecule has 4 rings (SSSR count). The van der Waals surface area contributed by atoms with Crippen molar-refractivity contribution in [1.82, 2.24) is 16.0 Å². The van der Waals surface area contributed by atoms with Gasteiger partial charge < -0.3 is 25.4 Å². The van der Waals surface area contributed by atoms with E-state index in [1.807, 2.05) is 42.5 Å². The molecule has 2 aromatic carbocycles. The Kier molecular flexibility index (Phi) is 7.69. The lowest BCUT2D eigenvalue weighted by Crippen LogP contribution is -2.56. The van der Waals surface area contributed by atoms with Crippen LogP contribution in [0.1, 0.15) is 30.9 Å². The Morgan fingerprint density at radius 1 is 1.03 bits per heavy atom. The summed E-state index contributed by atoms with van der Waals surface area (Å²) in [4.78, 5) is 51.2. The summed E-state index contributed by atoms with van der Waals surface area (Å²) in [7, 11) is 1.56. The van der Waals surface area contributed by atoms with Gasteiger partial charge in [-0.2, -0.15) is 0 Å². The summed E-state index contributed by atoms with van der Waals surface area (Å²) < 4.78 is 10.6. The van der Waals surface area contributed by atoms with Crippen LogP contribution in [-0.2, 0) is 36.8 Å². The van der Waals surface area contributed by atoms with Gasteiger partial charge in [0.2, 0.25) is 17.7 Å². The van der Waals surface area contributed by atoms with Crippen LogP contribution < -0.4 is 20.7 Å². The number of hydrogen-bond donors (Lipinski definition) is 3. The molecule has 190 valence electrons. The third-order valence-electron chi connectivity index (χ3n) is 6.56. The number of ketones is 1. The molecule has 0 spiro atoms. The van der Waals surface area contributed by atoms with Crippen molar-refractivity contribution in [2.45, 2.75) is 56.3 Å². The standard InChI is InChI=1S/C27H31N3O6/c1-27(16-36-27)24(32)21(14-17-6-4-3-5-7-17)29-26(34)22(15-18-8-10-19(35-2)11-9-18)30-25(33)20-12-13-23(31)28-20/h3-11,20-22H,12-16H2,1-2H3,(H,28,31)(H,29,34)(H,30,33)/t20-,21-,22-,27-/m0/s1. The number of carbonyl (C=O) groups excluding carboxylic acids is 4. The van der Waals surface area contributed by atoms with Gasteiger partial charge in [0.25, 0.3) is 0 Å². The van der Waals surface area contributed by atoms with Gasteiger partial charge in [0, 0.05) is 12.8 Å². The second kappa shape index (κ2) is 10.9. The van der Waals surface area contributed by atoms with Gasteiger partial charge in [0.15, 0.2) is 5.78 Å². The first-order chi connectivity index (χ1) is 17.3. The average molecular weight is 494 g/mol. The van der Waals surface area contributed by atoms with E-state index in [1.54, 1.807) is 26.2 Å². The van der Waals surface area contributed by atoms with Crippen molar-refractivity contribution < 1.29 is 28.7 Å². The Balaban J connectivity index is 1.53. The van der Waals surface area contributed by atoms with Crippen LogP contribution in [0.3, 0.4) is 0 Å². The van der Waals surface area contributed by atoms with Gasteiger partial charge in [-0.15, -0.1) is 0 Å². The van der Waals surface area contributed by atoms with Crippen molar-refractivity contribution in [3.05, 3.63) is 65.7 Å². The molecular weight excluding hydrogens is 462 g/mol. The van der Waals surface area contributed by atoms with Crippen molar-refractivity contribution in [2.75, 3.05) is 13.7 Å². The minimum absolute atomic E-state index is 0.197. The van der Waals surface area contributed by atoms with E-state index in [2.05, 4.69) is 16.0 Å². The molecule has 2 heterocycles. The number of amides is 3. The van der Waals surface area contributed by atoms with Crippen LogP contribution in [0.4, 0.5) is 0 Å². The summed E-state index contributed by atoms with van der Waals surface area (Å²) in [6.07, 6.45) is 1.13. The maximum atomic E-state index is 13.5. The highest BCUT2D eigenvalue weighted by atomic mass is 16.6. The number of rotatable bonds is 11. The highest BCUT2D eigenvalue weighted by molar-refractivity contribution is 5.99. The summed E-state index contributed by atoms with van der Waals surface area (Å²) >= 11 is 0. The molecule has 0 aromatic heterocycles. The molecule has 9 heteroatoms. The van der Waals surface area contributed by atoms with Crippen molar-refractivity contribution in [3.8, 4) is 5.75 Å². The molecule has 0 unspecified atom stereocenters. The Morgan fingerprint density at radius 3 is 2.25 bits per heavy atom. The fraction of sp³-hybridized carbons (Fsp3) is 0.407. The van der Waals surface area contributed by atoms with Crippen LogP contribution in [-0.4, -0.2) is 60.9 Å². The number of epoxide rings is 1. The number of carbonyl (C=O) groups is 4. The lowest BCUT2D eigenvalue weighted by atomic mass is 9.94. The van der Waals surface area contributed by atoms with E-state index >= 15 is 0 Å². The van der Waals surface area contributed by atoms with Gasteiger partial charge in [0.1, 0.15) is 23.4 Å². The molecule has 4 atom stereocenters. The molecule has 0 radical (unpaired) electrons. The van der Waals surface area contributed by atoms with Gasteiger partial charge in [-0.05, 0) is 43.0 Å². The zero-order valence-electron chi connectivity index (χ0n) is 20.4. The number of benzene rings is 2. The Labute approximate surface area is 209 Å². The minimum Gasteiger partial charge on any atom is -0.497 e. The molecule has 2 aliphatic heterocycles. The van der Waals surface area contributed by atoms with E-state index in [0.717, 1.165) is 11.1 Å². The Morgan fingerprint density at radius 2 is 1.67 bits per heavy atom. The Hall–Kier alpha value is -3.72. The zero-order chi connectivity index (χ0) is 25.7. The second-order valence-electron chi connectivity index (χ2n) is 9.41. The second-order valence-corrected chi connectivity index (χ2v) is 9.41. The molecule has 0 bridgehead atoms. The van der Waals surface area contributed by atoms with Crippen LogP contribution >= 0.6 is 0 Å². The quantitative estimate of drug-likeness (QED) is 0.402. The van der Waals surface area contributed by atoms with E-state index in [1.165, 1.54) is 0 Å². The maximum absolute atomic E-state index is 13.5. The van der Waals surface area contributed by atoms with Crippen molar-refractivity contribution in [3.63, 3.8) is 0 Å². The molecule has 0 saturated carbocycles. The third-order valence-corrected chi connectivity index (χ3v) is 6.56. The van der Waals surface area contributed by atoms with Crippen molar-refractivity contribution in [2.24, 2.45) is 0 Å². The van der Waals surface area contributed by atoms with Crippen LogP contribution in [0.2, 0.25) is 0 Å². The van der Waals surface area contributed by atoms with Crippen LogP contribution in [0.25, 0.3) is 0 Å². The molecule has 2 aliphatic rings. The molecule has 2 aromatic rings. The van der Waals surface area contributed by atoms with Gasteiger partial charge in [-0.1, -0.05) is 42.5 Å². The molecule has 36 heavy (non-hydrogen) atoms. The van der Waals surface area contributed by atoms with Crippen molar-refractivity contribution >= 4 is 23.5 Å². The van der Waals surface area contributed by atoms with Gasteiger partial charge in [-0.3, -0.25) is 19.2 Å². The van der Waals surface area contributed by atoms with Gasteiger partial charge in [0.05, 0.1) is 19.8 Å². The molecular formula is C27H31N3O6. The minimum atomic E-state index is -0.956. The maximum Gasteiger partial charge on any atom is 0.243 e. The monoisotopic (exact) mass is 493 g/mol. The van der Waals surface area contributed by atoms with Crippen LogP contribution in [0, 0.1) is 0 Å². The predicted octanol–water partition coefficient (Wildman–Crippen LogP) is 1.09. The normalized spacial score (nSPS) is 22.2. The van der Waals surface area contributed by atoms with Crippen LogP contribution in [0.15, 0.2) is 54.6 Å². The predicted molar refractivity (Wildman–Crippen MR) is 131 cm³/mol. The molecule has 2 saturated heterocycles. The number of methoxy groups -OCH3 is 1. The van der Waals surface area contributed by atoms with E-state index in [4.69, 9.17) is 9.47 Å². The highest BCUT2D eigenvalue weighted by Crippen LogP contribution is 2.29. The van der Waals surface area contributed by atoms with E-state index in [0.29, 0.717) is 25.2 Å². The number of Topliss-reactive ketones (excluding diaryl/α,β-unsaturated/α-hetero) is 1. The molecule has 3 amide bonds. The first-order valence-corrected chi connectivity index (χ1v) is 12.0. The lowest BCUT2D eigenvalue weighted by molar-refractivity contribution is -0.133. The molecule has 2 fully saturated rings. The fourth-order valence-electron chi connectivity index (χ4n) is 4.24. The first-order valence-electron chi connectivity index (χ1n) is 12.0. The van der Waals surface area contributed by atoms with E-state index < -0.39 is 35.5 Å². The summed E-state index contributed by atoms with van der Waals surface area (Å²) in [6, 6.07) is 14.1. The fourth-order valence-corrected chi connectivity index (χ4v) is 4.24. The largest absolute Gasteiger partial charge is 0.497 e. The van der Waals surface area contributed by atoms with E-state index in [-0.39, 0.29) is 24.5 Å². The summed E-state index contributed by atoms with van der Waals surface area (Å²) in [6.45, 7) is 2.01. The number of nitrogens with one attached hydrogen (secondary N) is 3. The molecule has 9 nitrogen and oxygen atoms in total. The molecule has 0 aliphatic carbocycles. The van der Waals surface area contributed by atoms with Crippen LogP contribution in [0.5, 0.6) is 5.75 Å². The molecule has 3 N–H and O–H groups in total. The summed E-state index contributed by atoms with van der Waals surface area (Å²) in [5.74, 6) is -0.654. The van der Waals surface area contributed by atoms with Gasteiger partial charge in [-0.25, -0.2) is 0 Å². The first kappa shape index (κ1) is 25.4. The smallest absolute Gasteiger partial charge is 0.243 e. The van der Waals surface area contributed by atoms with E-state index in [9.17, 15) is 19.2 Å².